The highest BCUT2D eigenvalue weighted by atomic mass is 16.6. The summed E-state index contributed by atoms with van der Waals surface area (Å²) in [6.07, 6.45) is -0.171. The van der Waals surface area contributed by atoms with Crippen molar-refractivity contribution in [3.05, 3.63) is 5.89 Å². The fourth-order valence-electron chi connectivity index (χ4n) is 2.59. The van der Waals surface area contributed by atoms with Gasteiger partial charge >= 0.3 is 0 Å². The lowest BCUT2D eigenvalue weighted by molar-refractivity contribution is -0.139. The molecule has 0 radical (unpaired) electrons. The van der Waals surface area contributed by atoms with E-state index in [0.29, 0.717) is 31.5 Å². The maximum atomic E-state index is 11.6. The van der Waals surface area contributed by atoms with E-state index in [1.54, 1.807) is 14.1 Å². The molecular weight excluding hydrogens is 324 g/mol. The normalized spacial score (nSPS) is 20.6. The largest absolute Gasteiger partial charge is 0.369 e. The van der Waals surface area contributed by atoms with Crippen LogP contribution >= 0.6 is 0 Å². The third kappa shape index (κ3) is 5.40. The molecule has 25 heavy (non-hydrogen) atoms. The first kappa shape index (κ1) is 19.7. The lowest BCUT2D eigenvalue weighted by atomic mass is 9.97. The molecule has 0 N–H and O–H groups in total. The van der Waals surface area contributed by atoms with Crippen molar-refractivity contribution in [1.82, 2.24) is 15.0 Å². The van der Waals surface area contributed by atoms with Gasteiger partial charge in [-0.3, -0.25) is 4.79 Å². The molecule has 2 heterocycles. The summed E-state index contributed by atoms with van der Waals surface area (Å²) in [5.74, 6) is 1.10. The molecule has 0 unspecified atom stereocenters. The van der Waals surface area contributed by atoms with Crippen LogP contribution in [0.5, 0.6) is 0 Å². The van der Waals surface area contributed by atoms with Crippen molar-refractivity contribution in [2.24, 2.45) is 0 Å². The maximum Gasteiger partial charge on any atom is 0.266 e. The Bertz CT molecular complexity index is 592. The molecule has 0 bridgehead atoms. The fourth-order valence-corrected chi connectivity index (χ4v) is 2.59. The Kier molecular flexibility index (Phi) is 5.73. The van der Waals surface area contributed by atoms with Crippen LogP contribution in [0.25, 0.3) is 0 Å². The van der Waals surface area contributed by atoms with Crippen LogP contribution in [0.15, 0.2) is 4.52 Å². The SMILES string of the molecule is CN(C)C(=O)COC[C@@H]1CN(c2noc(C(C)(C)C)n2)CC(C)(C)O1. The number of morpholine rings is 1. The highest BCUT2D eigenvalue weighted by Gasteiger charge is 2.36. The average molecular weight is 354 g/mol. The van der Waals surface area contributed by atoms with E-state index in [1.165, 1.54) is 4.90 Å². The Morgan fingerprint density at radius 2 is 2.08 bits per heavy atom. The molecule has 1 aliphatic rings. The van der Waals surface area contributed by atoms with E-state index in [1.807, 2.05) is 39.5 Å². The molecule has 0 aliphatic carbocycles. The van der Waals surface area contributed by atoms with Crippen LogP contribution < -0.4 is 4.90 Å². The summed E-state index contributed by atoms with van der Waals surface area (Å²) in [4.78, 5) is 19.7. The molecule has 1 fully saturated rings. The van der Waals surface area contributed by atoms with Gasteiger partial charge < -0.3 is 23.8 Å². The van der Waals surface area contributed by atoms with E-state index < -0.39 is 0 Å². The third-order valence-electron chi connectivity index (χ3n) is 3.85. The van der Waals surface area contributed by atoms with Gasteiger partial charge in [0.25, 0.3) is 5.95 Å². The summed E-state index contributed by atoms with van der Waals surface area (Å²) in [7, 11) is 3.41. The van der Waals surface area contributed by atoms with Crippen LogP contribution in [0.4, 0.5) is 5.95 Å². The predicted molar refractivity (Wildman–Crippen MR) is 93.7 cm³/mol. The van der Waals surface area contributed by atoms with E-state index >= 15 is 0 Å². The highest BCUT2D eigenvalue weighted by molar-refractivity contribution is 5.76. The summed E-state index contributed by atoms with van der Waals surface area (Å²) < 4.78 is 17.0. The Balaban J connectivity index is 2.00. The number of hydrogen-bond acceptors (Lipinski definition) is 7. The molecule has 142 valence electrons. The first-order valence-electron chi connectivity index (χ1n) is 8.53. The molecule has 0 spiro atoms. The van der Waals surface area contributed by atoms with Gasteiger partial charge in [-0.05, 0) is 19.0 Å². The fraction of sp³-hybridized carbons (Fsp3) is 0.824. The Morgan fingerprint density at radius 1 is 1.40 bits per heavy atom. The standard InChI is InChI=1S/C17H30N4O4/c1-16(2,3)14-18-15(19-25-14)21-8-12(24-17(4,5)11-21)9-23-10-13(22)20(6)7/h12H,8-11H2,1-7H3/t12-/m0/s1. The third-order valence-corrected chi connectivity index (χ3v) is 3.85. The van der Waals surface area contributed by atoms with Crippen LogP contribution in [0.1, 0.15) is 40.5 Å². The molecule has 1 atom stereocenters. The Morgan fingerprint density at radius 3 is 2.64 bits per heavy atom. The van der Waals surface area contributed by atoms with Gasteiger partial charge in [0.2, 0.25) is 11.8 Å². The number of nitrogens with zero attached hydrogens (tertiary/aromatic N) is 4. The van der Waals surface area contributed by atoms with Crippen molar-refractivity contribution < 1.29 is 18.8 Å². The predicted octanol–water partition coefficient (Wildman–Crippen LogP) is 1.46. The molecule has 1 aromatic heterocycles. The first-order chi connectivity index (χ1) is 11.5. The number of ether oxygens (including phenoxy) is 2. The van der Waals surface area contributed by atoms with Gasteiger partial charge in [-0.2, -0.15) is 4.98 Å². The van der Waals surface area contributed by atoms with Gasteiger partial charge in [-0.25, -0.2) is 0 Å². The zero-order valence-corrected chi connectivity index (χ0v) is 16.3. The van der Waals surface area contributed by atoms with Gasteiger partial charge in [0.15, 0.2) is 0 Å². The second kappa shape index (κ2) is 7.29. The van der Waals surface area contributed by atoms with Crippen molar-refractivity contribution >= 4 is 11.9 Å². The van der Waals surface area contributed by atoms with Gasteiger partial charge in [-0.1, -0.05) is 20.8 Å². The van der Waals surface area contributed by atoms with Crippen molar-refractivity contribution in [2.75, 3.05) is 45.3 Å². The molecule has 0 saturated carbocycles. The van der Waals surface area contributed by atoms with E-state index in [0.717, 1.165) is 0 Å². The minimum absolute atomic E-state index is 0.0453. The van der Waals surface area contributed by atoms with Gasteiger partial charge in [-0.15, -0.1) is 0 Å². The summed E-state index contributed by atoms with van der Waals surface area (Å²) >= 11 is 0. The summed E-state index contributed by atoms with van der Waals surface area (Å²) in [5, 5.41) is 4.12. The number of amides is 1. The van der Waals surface area contributed by atoms with Crippen molar-refractivity contribution in [3.8, 4) is 0 Å². The number of carbonyl (C=O) groups is 1. The number of carbonyl (C=O) groups excluding carboxylic acids is 1. The highest BCUT2D eigenvalue weighted by Crippen LogP contribution is 2.27. The molecule has 8 heteroatoms. The van der Waals surface area contributed by atoms with Crippen LogP contribution in [0.2, 0.25) is 0 Å². The summed E-state index contributed by atoms with van der Waals surface area (Å²) in [6.45, 7) is 11.8. The quantitative estimate of drug-likeness (QED) is 0.792. The van der Waals surface area contributed by atoms with Crippen molar-refractivity contribution in [1.29, 1.82) is 0 Å². The second-order valence-corrected chi connectivity index (χ2v) is 8.33. The first-order valence-corrected chi connectivity index (χ1v) is 8.53. The number of rotatable bonds is 5. The maximum absolute atomic E-state index is 11.6. The number of hydrogen-bond donors (Lipinski definition) is 0. The molecule has 1 aliphatic heterocycles. The Hall–Kier alpha value is -1.67. The molecule has 1 saturated heterocycles. The van der Waals surface area contributed by atoms with Crippen molar-refractivity contribution in [2.45, 2.75) is 51.7 Å². The lowest BCUT2D eigenvalue weighted by Gasteiger charge is -2.42. The Labute approximate surface area is 149 Å². The van der Waals surface area contributed by atoms with E-state index in [4.69, 9.17) is 14.0 Å². The smallest absolute Gasteiger partial charge is 0.266 e. The molecule has 1 aromatic rings. The second-order valence-electron chi connectivity index (χ2n) is 8.33. The number of anilines is 1. The van der Waals surface area contributed by atoms with Crippen LogP contribution in [-0.2, 0) is 19.7 Å². The van der Waals surface area contributed by atoms with Crippen LogP contribution in [0, 0.1) is 0 Å². The number of aromatic nitrogens is 2. The minimum atomic E-state index is -0.375. The molecular formula is C17H30N4O4. The van der Waals surface area contributed by atoms with Crippen LogP contribution in [-0.4, -0.2) is 73.1 Å². The summed E-state index contributed by atoms with van der Waals surface area (Å²) in [6, 6.07) is 0. The van der Waals surface area contributed by atoms with Gasteiger partial charge in [0, 0.05) is 32.6 Å². The average Bonchev–Trinajstić information content (AvgIpc) is 2.95. The minimum Gasteiger partial charge on any atom is -0.369 e. The lowest BCUT2D eigenvalue weighted by Crippen LogP contribution is -2.54. The molecule has 2 rings (SSSR count). The molecule has 1 amide bonds. The van der Waals surface area contributed by atoms with E-state index in [2.05, 4.69) is 10.1 Å². The van der Waals surface area contributed by atoms with Gasteiger partial charge in [0.05, 0.1) is 18.3 Å². The van der Waals surface area contributed by atoms with E-state index in [9.17, 15) is 4.79 Å². The number of likely N-dealkylation sites (N-methyl/N-ethyl adjacent to an activating group) is 1. The van der Waals surface area contributed by atoms with Gasteiger partial charge in [0.1, 0.15) is 6.61 Å². The topological polar surface area (TPSA) is 80.9 Å². The van der Waals surface area contributed by atoms with Crippen molar-refractivity contribution in [3.63, 3.8) is 0 Å². The molecule has 8 nitrogen and oxygen atoms in total. The zero-order chi connectivity index (χ0) is 18.8. The molecule has 0 aromatic carbocycles. The summed E-state index contributed by atoms with van der Waals surface area (Å²) in [5.41, 5.74) is -0.567. The van der Waals surface area contributed by atoms with E-state index in [-0.39, 0.29) is 29.6 Å². The zero-order valence-electron chi connectivity index (χ0n) is 16.3. The van der Waals surface area contributed by atoms with Crippen LogP contribution in [0.3, 0.4) is 0 Å². The monoisotopic (exact) mass is 354 g/mol.